The Hall–Kier alpha value is -2.08. The molecule has 2 aliphatic heterocycles. The van der Waals surface area contributed by atoms with Gasteiger partial charge in [0.1, 0.15) is 5.54 Å². The maximum atomic E-state index is 12.4. The summed E-state index contributed by atoms with van der Waals surface area (Å²) < 4.78 is 5.20. The summed E-state index contributed by atoms with van der Waals surface area (Å²) in [5.41, 5.74) is 1.40. The van der Waals surface area contributed by atoms with Crippen molar-refractivity contribution in [3.8, 4) is 0 Å². The number of benzene rings is 1. The van der Waals surface area contributed by atoms with Gasteiger partial charge in [0.15, 0.2) is 0 Å². The summed E-state index contributed by atoms with van der Waals surface area (Å²) in [6, 6.07) is 5.45. The van der Waals surface area contributed by atoms with Gasteiger partial charge in [-0.3, -0.25) is 4.79 Å². The molecular weight excluding hydrogens is 272 g/mol. The maximum absolute atomic E-state index is 12.4. The van der Waals surface area contributed by atoms with E-state index >= 15 is 0 Å². The number of fused-ring (bicyclic) bond motifs is 1. The van der Waals surface area contributed by atoms with E-state index in [1.54, 1.807) is 12.1 Å². The van der Waals surface area contributed by atoms with Gasteiger partial charge in [0.05, 0.1) is 0 Å². The number of carboxylic acid groups (broad SMARTS) is 1. The lowest BCUT2D eigenvalue weighted by Gasteiger charge is -2.33. The molecular formula is C15H18N2O4. The number of amides is 1. The molecule has 0 spiro atoms. The molecule has 0 aliphatic carbocycles. The number of hydrogen-bond donors (Lipinski definition) is 3. The van der Waals surface area contributed by atoms with Crippen LogP contribution in [-0.4, -0.2) is 42.3 Å². The number of anilines is 1. The van der Waals surface area contributed by atoms with Gasteiger partial charge in [-0.05, 0) is 24.1 Å². The number of aliphatic carboxylic acids is 1. The van der Waals surface area contributed by atoms with Crippen molar-refractivity contribution in [3.05, 3.63) is 29.3 Å². The largest absolute Gasteiger partial charge is 0.480 e. The lowest BCUT2D eigenvalue weighted by molar-refractivity contribution is -0.148. The van der Waals surface area contributed by atoms with E-state index in [4.69, 9.17) is 4.74 Å². The number of carbonyl (C=O) groups is 2. The molecule has 1 fully saturated rings. The van der Waals surface area contributed by atoms with Crippen molar-refractivity contribution >= 4 is 17.6 Å². The Labute approximate surface area is 122 Å². The second kappa shape index (κ2) is 5.37. The molecule has 0 saturated carbocycles. The first-order valence-corrected chi connectivity index (χ1v) is 7.11. The maximum Gasteiger partial charge on any atom is 0.329 e. The SMILES string of the molecule is O=C(NC1(C(=O)O)CCOCC1)c1ccc2c(c1)NCC2. The summed E-state index contributed by atoms with van der Waals surface area (Å²) in [7, 11) is 0. The van der Waals surface area contributed by atoms with Crippen LogP contribution in [0.3, 0.4) is 0 Å². The third-order valence-corrected chi connectivity index (χ3v) is 4.19. The van der Waals surface area contributed by atoms with Crippen LogP contribution in [0.4, 0.5) is 5.69 Å². The van der Waals surface area contributed by atoms with E-state index < -0.39 is 11.5 Å². The smallest absolute Gasteiger partial charge is 0.329 e. The third-order valence-electron chi connectivity index (χ3n) is 4.19. The summed E-state index contributed by atoms with van der Waals surface area (Å²) in [6.45, 7) is 1.56. The minimum Gasteiger partial charge on any atom is -0.480 e. The number of hydrogen-bond acceptors (Lipinski definition) is 4. The molecule has 1 saturated heterocycles. The fourth-order valence-corrected chi connectivity index (χ4v) is 2.83. The molecule has 0 radical (unpaired) electrons. The molecule has 1 amide bonds. The van der Waals surface area contributed by atoms with Crippen molar-refractivity contribution < 1.29 is 19.4 Å². The van der Waals surface area contributed by atoms with Crippen LogP contribution in [0.2, 0.25) is 0 Å². The standard InChI is InChI=1S/C15H18N2O4/c18-13(11-2-1-10-3-6-16-12(10)9-11)17-15(14(19)20)4-7-21-8-5-15/h1-2,9,16H,3-8H2,(H,17,18)(H,19,20). The first kappa shape index (κ1) is 13.9. The van der Waals surface area contributed by atoms with E-state index in [9.17, 15) is 14.7 Å². The van der Waals surface area contributed by atoms with E-state index in [2.05, 4.69) is 10.6 Å². The number of ether oxygens (including phenoxy) is 1. The molecule has 1 aromatic carbocycles. The normalized spacial score (nSPS) is 19.4. The number of carbonyl (C=O) groups excluding carboxylic acids is 1. The van der Waals surface area contributed by atoms with E-state index in [-0.39, 0.29) is 18.7 Å². The van der Waals surface area contributed by atoms with Gasteiger partial charge in [0.25, 0.3) is 5.91 Å². The molecule has 0 bridgehead atoms. The Balaban J connectivity index is 1.80. The highest BCUT2D eigenvalue weighted by Crippen LogP contribution is 2.25. The highest BCUT2D eigenvalue weighted by Gasteiger charge is 2.41. The van der Waals surface area contributed by atoms with Gasteiger partial charge in [0.2, 0.25) is 0 Å². The molecule has 21 heavy (non-hydrogen) atoms. The Kier molecular flexibility index (Phi) is 3.55. The van der Waals surface area contributed by atoms with Crippen LogP contribution in [0.1, 0.15) is 28.8 Å². The first-order chi connectivity index (χ1) is 10.1. The zero-order valence-electron chi connectivity index (χ0n) is 11.6. The molecule has 3 rings (SSSR count). The fourth-order valence-electron chi connectivity index (χ4n) is 2.83. The summed E-state index contributed by atoms with van der Waals surface area (Å²) in [5, 5.41) is 15.4. The highest BCUT2D eigenvalue weighted by atomic mass is 16.5. The lowest BCUT2D eigenvalue weighted by Crippen LogP contribution is -2.57. The molecule has 6 nitrogen and oxygen atoms in total. The summed E-state index contributed by atoms with van der Waals surface area (Å²) >= 11 is 0. The Morgan fingerprint density at radius 3 is 2.76 bits per heavy atom. The van der Waals surface area contributed by atoms with Crippen molar-refractivity contribution in [1.29, 1.82) is 0 Å². The lowest BCUT2D eigenvalue weighted by atomic mass is 9.89. The Bertz CT molecular complexity index is 579. The number of rotatable bonds is 3. The van der Waals surface area contributed by atoms with Crippen molar-refractivity contribution in [1.82, 2.24) is 5.32 Å². The van der Waals surface area contributed by atoms with Gasteiger partial charge in [-0.2, -0.15) is 0 Å². The minimum atomic E-state index is -1.22. The Morgan fingerprint density at radius 1 is 1.29 bits per heavy atom. The second-order valence-electron chi connectivity index (χ2n) is 5.50. The summed E-state index contributed by atoms with van der Waals surface area (Å²) in [4.78, 5) is 23.9. The van der Waals surface area contributed by atoms with Gasteiger partial charge in [0, 0.05) is 43.9 Å². The van der Waals surface area contributed by atoms with Gasteiger partial charge in [-0.15, -0.1) is 0 Å². The molecule has 112 valence electrons. The molecule has 2 heterocycles. The van der Waals surface area contributed by atoms with Crippen molar-refractivity contribution in [3.63, 3.8) is 0 Å². The zero-order valence-corrected chi connectivity index (χ0v) is 11.6. The molecule has 1 aromatic rings. The van der Waals surface area contributed by atoms with Gasteiger partial charge in [-0.1, -0.05) is 6.07 Å². The second-order valence-corrected chi connectivity index (χ2v) is 5.50. The average Bonchev–Trinajstić information content (AvgIpc) is 2.95. The van der Waals surface area contributed by atoms with E-state index in [0.717, 1.165) is 18.7 Å². The molecule has 3 N–H and O–H groups in total. The van der Waals surface area contributed by atoms with E-state index in [0.29, 0.717) is 18.8 Å². The molecule has 2 aliphatic rings. The van der Waals surface area contributed by atoms with Crippen LogP contribution in [0.25, 0.3) is 0 Å². The molecule has 6 heteroatoms. The van der Waals surface area contributed by atoms with Crippen LogP contribution >= 0.6 is 0 Å². The quantitative estimate of drug-likeness (QED) is 0.773. The average molecular weight is 290 g/mol. The minimum absolute atomic E-state index is 0.289. The van der Waals surface area contributed by atoms with Crippen molar-refractivity contribution in [2.24, 2.45) is 0 Å². The van der Waals surface area contributed by atoms with Crippen LogP contribution in [-0.2, 0) is 16.0 Å². The van der Waals surface area contributed by atoms with Gasteiger partial charge < -0.3 is 20.5 Å². The van der Waals surface area contributed by atoms with Crippen molar-refractivity contribution in [2.45, 2.75) is 24.8 Å². The van der Waals surface area contributed by atoms with Crippen molar-refractivity contribution in [2.75, 3.05) is 25.1 Å². The van der Waals surface area contributed by atoms with Gasteiger partial charge in [-0.25, -0.2) is 4.79 Å². The fraction of sp³-hybridized carbons (Fsp3) is 0.467. The van der Waals surface area contributed by atoms with Crippen LogP contribution in [0.15, 0.2) is 18.2 Å². The van der Waals surface area contributed by atoms with E-state index in [1.807, 2.05) is 6.07 Å². The highest BCUT2D eigenvalue weighted by molar-refractivity contribution is 5.98. The van der Waals surface area contributed by atoms with Crippen LogP contribution in [0, 0.1) is 0 Å². The summed E-state index contributed by atoms with van der Waals surface area (Å²) in [5.74, 6) is -1.35. The predicted octanol–water partition coefficient (Wildman–Crippen LogP) is 1.02. The Morgan fingerprint density at radius 2 is 2.05 bits per heavy atom. The molecule has 0 atom stereocenters. The topological polar surface area (TPSA) is 87.7 Å². The monoisotopic (exact) mass is 290 g/mol. The predicted molar refractivity (Wildman–Crippen MR) is 76.5 cm³/mol. The van der Waals surface area contributed by atoms with Gasteiger partial charge >= 0.3 is 5.97 Å². The number of nitrogens with one attached hydrogen (secondary N) is 2. The van der Waals surface area contributed by atoms with E-state index in [1.165, 1.54) is 5.56 Å². The zero-order chi connectivity index (χ0) is 14.9. The third kappa shape index (κ3) is 2.58. The van der Waals surface area contributed by atoms with Crippen LogP contribution in [0.5, 0.6) is 0 Å². The molecule has 0 aromatic heterocycles. The first-order valence-electron chi connectivity index (χ1n) is 7.11. The molecule has 0 unspecified atom stereocenters. The summed E-state index contributed by atoms with van der Waals surface area (Å²) in [6.07, 6.45) is 1.53. The number of carboxylic acids is 1. The van der Waals surface area contributed by atoms with Crippen LogP contribution < -0.4 is 10.6 Å².